The highest BCUT2D eigenvalue weighted by Gasteiger charge is 2.91. The molecule has 0 aromatic heterocycles. The maximum Gasteiger partial charge on any atom is 0.384 e. The topological polar surface area (TPSA) is 0 Å². The molecule has 3 atom stereocenters. The lowest BCUT2D eigenvalue weighted by atomic mass is 9.89. The smallest absolute Gasteiger partial charge is 0.238 e. The third kappa shape index (κ3) is 3.57. The van der Waals surface area contributed by atoms with E-state index in [1.165, 1.54) is 0 Å². The standard InChI is InChI=1S/C10H5F17S/c11-1(3(13)14)2(12)5(16,17)7(20,21)9(24,25)10(26,27)8(22,23)6(18,19)4(15)28/h1-4,28H. The number of rotatable bonds is 9. The molecule has 170 valence electrons. The highest BCUT2D eigenvalue weighted by molar-refractivity contribution is 7.80. The molecule has 0 aromatic rings. The van der Waals surface area contributed by atoms with E-state index in [0.29, 0.717) is 0 Å². The Bertz CT molecular complexity index is 540. The van der Waals surface area contributed by atoms with Gasteiger partial charge in [0.1, 0.15) is 0 Å². The summed E-state index contributed by atoms with van der Waals surface area (Å²) in [5.74, 6) is -47.1. The highest BCUT2D eigenvalue weighted by atomic mass is 32.1. The molecule has 0 spiro atoms. The first-order valence-corrected chi connectivity index (χ1v) is 6.63. The molecule has 0 aliphatic heterocycles. The summed E-state index contributed by atoms with van der Waals surface area (Å²) in [7, 11) is 0. The van der Waals surface area contributed by atoms with Crippen LogP contribution in [0.15, 0.2) is 0 Å². The molecule has 28 heavy (non-hydrogen) atoms. The van der Waals surface area contributed by atoms with E-state index >= 15 is 0 Å². The third-order valence-corrected chi connectivity index (χ3v) is 3.51. The summed E-state index contributed by atoms with van der Waals surface area (Å²) < 4.78 is 218. The predicted molar refractivity (Wildman–Crippen MR) is 59.4 cm³/mol. The van der Waals surface area contributed by atoms with Gasteiger partial charge in [0.25, 0.3) is 6.43 Å². The largest absolute Gasteiger partial charge is 0.384 e. The van der Waals surface area contributed by atoms with Gasteiger partial charge in [-0.25, -0.2) is 22.0 Å². The maximum atomic E-state index is 13.2. The van der Waals surface area contributed by atoms with Gasteiger partial charge in [-0.15, -0.1) is 12.6 Å². The van der Waals surface area contributed by atoms with Crippen molar-refractivity contribution in [3.05, 3.63) is 0 Å². The quantitative estimate of drug-likeness (QED) is 0.306. The van der Waals surface area contributed by atoms with Gasteiger partial charge in [-0.2, -0.15) is 52.7 Å². The summed E-state index contributed by atoms with van der Waals surface area (Å²) in [6, 6.07) is 0. The van der Waals surface area contributed by atoms with Crippen LogP contribution in [-0.2, 0) is 0 Å². The molecule has 18 heteroatoms. The Balaban J connectivity index is 6.47. The van der Waals surface area contributed by atoms with Crippen LogP contribution in [0.3, 0.4) is 0 Å². The molecule has 0 radical (unpaired) electrons. The van der Waals surface area contributed by atoms with Crippen molar-refractivity contribution in [3.8, 4) is 0 Å². The van der Waals surface area contributed by atoms with Gasteiger partial charge in [-0.1, -0.05) is 0 Å². The van der Waals surface area contributed by atoms with Crippen molar-refractivity contribution in [1.29, 1.82) is 0 Å². The van der Waals surface area contributed by atoms with Crippen molar-refractivity contribution in [1.82, 2.24) is 0 Å². The lowest BCUT2D eigenvalue weighted by Gasteiger charge is -2.42. The van der Waals surface area contributed by atoms with Gasteiger partial charge in [-0.3, -0.25) is 0 Å². The minimum Gasteiger partial charge on any atom is -0.238 e. The normalized spacial score (nSPS) is 19.0. The van der Waals surface area contributed by atoms with Gasteiger partial charge in [-0.05, 0) is 0 Å². The Morgan fingerprint density at radius 2 is 0.750 bits per heavy atom. The van der Waals surface area contributed by atoms with Gasteiger partial charge >= 0.3 is 35.5 Å². The van der Waals surface area contributed by atoms with Crippen molar-refractivity contribution in [2.24, 2.45) is 0 Å². The van der Waals surface area contributed by atoms with Crippen LogP contribution in [0.2, 0.25) is 0 Å². The Labute approximate surface area is 148 Å². The second-order valence-corrected chi connectivity index (χ2v) is 5.51. The molecule has 0 aliphatic rings. The summed E-state index contributed by atoms with van der Waals surface area (Å²) in [6.07, 6.45) is -15.6. The van der Waals surface area contributed by atoms with Gasteiger partial charge in [0.2, 0.25) is 11.7 Å². The molecule has 0 amide bonds. The number of hydrogen-bond acceptors (Lipinski definition) is 1. The predicted octanol–water partition coefficient (Wildman–Crippen LogP) is 5.96. The van der Waals surface area contributed by atoms with E-state index < -0.39 is 59.8 Å². The second-order valence-electron chi connectivity index (χ2n) is 5.06. The number of halogens is 17. The number of thiol groups is 1. The molecule has 0 N–H and O–H groups in total. The second kappa shape index (κ2) is 7.45. The molecule has 3 unspecified atom stereocenters. The minimum atomic E-state index is -8.34. The Kier molecular flexibility index (Phi) is 7.22. The molecule has 0 bridgehead atoms. The van der Waals surface area contributed by atoms with E-state index in [-0.39, 0.29) is 0 Å². The van der Waals surface area contributed by atoms with E-state index in [1.54, 1.807) is 0 Å². The SMILES string of the molecule is FC(F)C(F)C(F)C(F)(F)C(F)(F)C(F)(F)C(F)(F)C(F)(F)C(F)(F)C(F)S. The van der Waals surface area contributed by atoms with Crippen LogP contribution in [0.25, 0.3) is 0 Å². The summed E-state index contributed by atoms with van der Waals surface area (Å²) in [4.78, 5) is 0. The van der Waals surface area contributed by atoms with E-state index in [4.69, 9.17) is 0 Å². The van der Waals surface area contributed by atoms with E-state index in [1.807, 2.05) is 12.6 Å². The Morgan fingerprint density at radius 1 is 0.464 bits per heavy atom. The first-order chi connectivity index (χ1) is 12.0. The maximum absolute atomic E-state index is 13.2. The molecule has 0 aliphatic carbocycles. The zero-order chi connectivity index (χ0) is 23.3. The van der Waals surface area contributed by atoms with Crippen molar-refractivity contribution < 1.29 is 74.6 Å². The van der Waals surface area contributed by atoms with Gasteiger partial charge < -0.3 is 0 Å². The summed E-state index contributed by atoms with van der Waals surface area (Å²) >= 11 is 1.91. The molecule has 0 nitrogen and oxygen atoms in total. The molecular formula is C10H5F17S. The first-order valence-electron chi connectivity index (χ1n) is 6.11. The summed E-state index contributed by atoms with van der Waals surface area (Å²) in [6.45, 7) is 0. The lowest BCUT2D eigenvalue weighted by Crippen LogP contribution is -2.73. The first kappa shape index (κ1) is 27.2. The minimum absolute atomic E-state index is 1.91. The average molecular weight is 480 g/mol. The van der Waals surface area contributed by atoms with Gasteiger partial charge in [0, 0.05) is 0 Å². The molecule has 0 heterocycles. The monoisotopic (exact) mass is 480 g/mol. The number of hydrogen-bond donors (Lipinski definition) is 1. The van der Waals surface area contributed by atoms with E-state index in [0.717, 1.165) is 0 Å². The van der Waals surface area contributed by atoms with E-state index in [9.17, 15) is 74.6 Å². The molecule has 0 aromatic carbocycles. The molecule has 0 saturated carbocycles. The molecule has 0 rings (SSSR count). The Morgan fingerprint density at radius 3 is 1.00 bits per heavy atom. The highest BCUT2D eigenvalue weighted by Crippen LogP contribution is 2.61. The van der Waals surface area contributed by atoms with Crippen LogP contribution < -0.4 is 0 Å². The fraction of sp³-hybridized carbons (Fsp3) is 1.00. The fourth-order valence-corrected chi connectivity index (χ4v) is 1.63. The lowest BCUT2D eigenvalue weighted by molar-refractivity contribution is -0.431. The van der Waals surface area contributed by atoms with Crippen molar-refractivity contribution in [2.45, 2.75) is 59.8 Å². The zero-order valence-electron chi connectivity index (χ0n) is 12.2. The van der Waals surface area contributed by atoms with Crippen molar-refractivity contribution in [3.63, 3.8) is 0 Å². The van der Waals surface area contributed by atoms with Crippen LogP contribution in [0, 0.1) is 0 Å². The summed E-state index contributed by atoms with van der Waals surface area (Å²) in [5.41, 5.74) is -4.72. The zero-order valence-corrected chi connectivity index (χ0v) is 13.1. The van der Waals surface area contributed by atoms with Crippen molar-refractivity contribution >= 4 is 12.6 Å². The van der Waals surface area contributed by atoms with E-state index in [2.05, 4.69) is 0 Å². The average Bonchev–Trinajstić information content (AvgIpc) is 2.51. The molecular weight excluding hydrogens is 475 g/mol. The summed E-state index contributed by atoms with van der Waals surface area (Å²) in [5, 5.41) is 0. The van der Waals surface area contributed by atoms with Gasteiger partial charge in [0.15, 0.2) is 6.17 Å². The van der Waals surface area contributed by atoms with Crippen LogP contribution in [-0.4, -0.2) is 59.8 Å². The Hall–Kier alpha value is -0.840. The van der Waals surface area contributed by atoms with Crippen LogP contribution in [0.4, 0.5) is 74.6 Å². The van der Waals surface area contributed by atoms with Crippen LogP contribution in [0.1, 0.15) is 0 Å². The van der Waals surface area contributed by atoms with Gasteiger partial charge in [0.05, 0.1) is 0 Å². The van der Waals surface area contributed by atoms with Crippen LogP contribution >= 0.6 is 12.6 Å². The number of alkyl halides is 17. The molecule has 0 fully saturated rings. The fourth-order valence-electron chi connectivity index (χ4n) is 1.46. The van der Waals surface area contributed by atoms with Crippen LogP contribution in [0.5, 0.6) is 0 Å². The van der Waals surface area contributed by atoms with Crippen molar-refractivity contribution in [2.75, 3.05) is 0 Å². The molecule has 0 saturated heterocycles. The third-order valence-electron chi connectivity index (χ3n) is 3.19.